The Bertz CT molecular complexity index is 556. The molecule has 1 amide bonds. The average Bonchev–Trinajstić information content (AvgIpc) is 3.38. The maximum Gasteiger partial charge on any atom is 0.253 e. The van der Waals surface area contributed by atoms with Crippen molar-refractivity contribution in [2.75, 3.05) is 0 Å². The maximum absolute atomic E-state index is 12.6. The van der Waals surface area contributed by atoms with Gasteiger partial charge < -0.3 is 5.73 Å². The van der Waals surface area contributed by atoms with Crippen LogP contribution in [-0.2, 0) is 14.8 Å². The van der Waals surface area contributed by atoms with E-state index in [0.29, 0.717) is 25.7 Å². The molecule has 3 N–H and O–H groups in total. The summed E-state index contributed by atoms with van der Waals surface area (Å²) in [5, 5.41) is 0. The summed E-state index contributed by atoms with van der Waals surface area (Å²) < 4.78 is 26.9. The molecule has 3 rings (SSSR count). The van der Waals surface area contributed by atoms with Crippen LogP contribution in [-0.4, -0.2) is 24.6 Å². The van der Waals surface area contributed by atoms with Gasteiger partial charge in [0.15, 0.2) is 0 Å². The van der Waals surface area contributed by atoms with Gasteiger partial charge in [0.2, 0.25) is 10.0 Å². The van der Waals surface area contributed by atoms with E-state index in [4.69, 9.17) is 5.73 Å². The number of nitrogens with two attached hydrogens (primary N) is 1. The molecule has 0 unspecified atom stereocenters. The van der Waals surface area contributed by atoms with Gasteiger partial charge in [-0.25, -0.2) is 8.42 Å². The summed E-state index contributed by atoms with van der Waals surface area (Å²) in [6.45, 7) is 0. The van der Waals surface area contributed by atoms with Gasteiger partial charge in [-0.15, -0.1) is 0 Å². The summed E-state index contributed by atoms with van der Waals surface area (Å²) in [4.78, 5) is 12.4. The number of amides is 1. The molecule has 1 spiro atoms. The summed E-state index contributed by atoms with van der Waals surface area (Å²) in [7, 11) is -3.59. The second-order valence-electron chi connectivity index (χ2n) is 7.93. The molecule has 0 bridgehead atoms. The normalized spacial score (nSPS) is 37.6. The molecular formula is C17H30N2O3S. The molecule has 5 nitrogen and oxygen atoms in total. The van der Waals surface area contributed by atoms with Gasteiger partial charge in [-0.05, 0) is 38.0 Å². The summed E-state index contributed by atoms with van der Waals surface area (Å²) in [5.74, 6) is -0.318. The first-order chi connectivity index (χ1) is 10.9. The fourth-order valence-corrected chi connectivity index (χ4v) is 5.71. The van der Waals surface area contributed by atoms with Gasteiger partial charge in [-0.1, -0.05) is 51.4 Å². The lowest BCUT2D eigenvalue weighted by atomic mass is 10.0. The summed E-state index contributed by atoms with van der Waals surface area (Å²) >= 11 is 0. The minimum atomic E-state index is -3.59. The molecule has 0 aromatic heterocycles. The number of sulfonamides is 1. The zero-order valence-electron chi connectivity index (χ0n) is 14.0. The van der Waals surface area contributed by atoms with Crippen LogP contribution in [0.15, 0.2) is 0 Å². The predicted octanol–water partition coefficient (Wildman–Crippen LogP) is 2.60. The summed E-state index contributed by atoms with van der Waals surface area (Å²) in [6.07, 6.45) is 12.9. The smallest absolute Gasteiger partial charge is 0.253 e. The van der Waals surface area contributed by atoms with E-state index in [1.807, 2.05) is 0 Å². The van der Waals surface area contributed by atoms with E-state index in [0.717, 1.165) is 25.7 Å². The largest absolute Gasteiger partial charge is 0.317 e. The van der Waals surface area contributed by atoms with Gasteiger partial charge in [0.05, 0.1) is 10.3 Å². The van der Waals surface area contributed by atoms with E-state index >= 15 is 0 Å². The zero-order valence-corrected chi connectivity index (χ0v) is 14.8. The Morgan fingerprint density at radius 3 is 2.09 bits per heavy atom. The Morgan fingerprint density at radius 1 is 0.913 bits per heavy atom. The second kappa shape index (κ2) is 6.36. The monoisotopic (exact) mass is 342 g/mol. The third-order valence-corrected chi connectivity index (χ3v) is 8.32. The van der Waals surface area contributed by atoms with Crippen molar-refractivity contribution in [2.24, 2.45) is 11.7 Å². The van der Waals surface area contributed by atoms with Crippen LogP contribution in [0.3, 0.4) is 0 Å². The molecule has 1 saturated heterocycles. The lowest BCUT2D eigenvalue weighted by Crippen LogP contribution is -2.50. The molecule has 6 heteroatoms. The molecule has 3 aliphatic rings. The summed E-state index contributed by atoms with van der Waals surface area (Å²) in [5.41, 5.74) is 5.21. The highest BCUT2D eigenvalue weighted by molar-refractivity contribution is 7.91. The van der Waals surface area contributed by atoms with E-state index in [-0.39, 0.29) is 5.92 Å². The van der Waals surface area contributed by atoms with Gasteiger partial charge >= 0.3 is 0 Å². The SMILES string of the molecule is N[C@]12C[C@H]1CCCCCCCCCCC1(CC1)S(=O)(=O)NC2=O. The highest BCUT2D eigenvalue weighted by atomic mass is 32.2. The van der Waals surface area contributed by atoms with Crippen molar-refractivity contribution < 1.29 is 13.2 Å². The fraction of sp³-hybridized carbons (Fsp3) is 0.941. The highest BCUT2D eigenvalue weighted by Crippen LogP contribution is 2.49. The minimum absolute atomic E-state index is 0.153. The maximum atomic E-state index is 12.6. The van der Waals surface area contributed by atoms with Crippen LogP contribution >= 0.6 is 0 Å². The molecule has 1 aliphatic heterocycles. The van der Waals surface area contributed by atoms with Crippen LogP contribution < -0.4 is 10.5 Å². The first-order valence-corrected chi connectivity index (χ1v) is 10.7. The molecule has 3 fully saturated rings. The lowest BCUT2D eigenvalue weighted by molar-refractivity contribution is -0.121. The van der Waals surface area contributed by atoms with Crippen molar-refractivity contribution >= 4 is 15.9 Å². The second-order valence-corrected chi connectivity index (χ2v) is 10.0. The standard InChI is InChI=1S/C17H30N2O3S/c18-17-13-14(17)9-7-5-3-1-2-4-6-8-10-16(11-12-16)23(21,22)19-15(17)20/h14H,1-13,18H2,(H,19,20)/t14-,17-/m1/s1. The van der Waals surface area contributed by atoms with Crippen molar-refractivity contribution in [2.45, 2.75) is 93.8 Å². The van der Waals surface area contributed by atoms with Crippen LogP contribution in [0.25, 0.3) is 0 Å². The minimum Gasteiger partial charge on any atom is -0.317 e. The Kier molecular flexibility index (Phi) is 4.76. The molecule has 0 aromatic carbocycles. The zero-order chi connectivity index (χ0) is 16.6. The van der Waals surface area contributed by atoms with Crippen LogP contribution in [0.5, 0.6) is 0 Å². The number of carbonyl (C=O) groups is 1. The van der Waals surface area contributed by atoms with Gasteiger partial charge in [0.1, 0.15) is 0 Å². The molecular weight excluding hydrogens is 312 g/mol. The van der Waals surface area contributed by atoms with Crippen molar-refractivity contribution in [1.29, 1.82) is 0 Å². The topological polar surface area (TPSA) is 89.3 Å². The Morgan fingerprint density at radius 2 is 1.48 bits per heavy atom. The van der Waals surface area contributed by atoms with Crippen molar-refractivity contribution in [1.82, 2.24) is 4.72 Å². The molecule has 132 valence electrons. The van der Waals surface area contributed by atoms with Crippen molar-refractivity contribution in [3.05, 3.63) is 0 Å². The van der Waals surface area contributed by atoms with Crippen LogP contribution in [0.1, 0.15) is 83.5 Å². The quantitative estimate of drug-likeness (QED) is 0.708. The van der Waals surface area contributed by atoms with Gasteiger partial charge in [0, 0.05) is 0 Å². The van der Waals surface area contributed by atoms with E-state index in [1.54, 1.807) is 0 Å². The van der Waals surface area contributed by atoms with Gasteiger partial charge in [0.25, 0.3) is 5.91 Å². The van der Waals surface area contributed by atoms with E-state index in [2.05, 4.69) is 4.72 Å². The number of hydrogen-bond acceptors (Lipinski definition) is 4. The number of hydrogen-bond donors (Lipinski definition) is 2. The summed E-state index contributed by atoms with van der Waals surface area (Å²) in [6, 6.07) is 0. The molecule has 1 heterocycles. The highest BCUT2D eigenvalue weighted by Gasteiger charge is 2.60. The van der Waals surface area contributed by atoms with E-state index in [9.17, 15) is 13.2 Å². The average molecular weight is 343 g/mol. The van der Waals surface area contributed by atoms with Crippen LogP contribution in [0.2, 0.25) is 0 Å². The first kappa shape index (κ1) is 17.2. The molecule has 23 heavy (non-hydrogen) atoms. The van der Waals surface area contributed by atoms with Crippen molar-refractivity contribution in [3.63, 3.8) is 0 Å². The Labute approximate surface area is 139 Å². The Hall–Kier alpha value is -0.620. The first-order valence-electron chi connectivity index (χ1n) is 9.25. The van der Waals surface area contributed by atoms with E-state index in [1.165, 1.54) is 32.1 Å². The van der Waals surface area contributed by atoms with Crippen LogP contribution in [0, 0.1) is 5.92 Å². The number of rotatable bonds is 0. The Balaban J connectivity index is 1.67. The van der Waals surface area contributed by atoms with Gasteiger partial charge in [-0.2, -0.15) is 0 Å². The van der Waals surface area contributed by atoms with Crippen LogP contribution in [0.4, 0.5) is 0 Å². The lowest BCUT2D eigenvalue weighted by Gasteiger charge is -2.19. The number of fused-ring (bicyclic) bond motifs is 1. The molecule has 2 atom stereocenters. The fourth-order valence-electron chi connectivity index (χ4n) is 4.00. The molecule has 2 aliphatic carbocycles. The number of nitrogens with one attached hydrogen (secondary N) is 1. The van der Waals surface area contributed by atoms with Gasteiger partial charge in [-0.3, -0.25) is 9.52 Å². The third-order valence-electron chi connectivity index (χ3n) is 6.12. The molecule has 0 radical (unpaired) electrons. The molecule has 2 saturated carbocycles. The van der Waals surface area contributed by atoms with Crippen molar-refractivity contribution in [3.8, 4) is 0 Å². The molecule has 0 aromatic rings. The number of carbonyl (C=O) groups excluding carboxylic acids is 1. The van der Waals surface area contributed by atoms with E-state index < -0.39 is 26.2 Å². The predicted molar refractivity (Wildman–Crippen MR) is 90.2 cm³/mol. The third kappa shape index (κ3) is 3.58.